The third-order valence-corrected chi connectivity index (χ3v) is 4.62. The van der Waals surface area contributed by atoms with Crippen LogP contribution in [0.25, 0.3) is 0 Å². The summed E-state index contributed by atoms with van der Waals surface area (Å²) < 4.78 is 0. The fourth-order valence-electron chi connectivity index (χ4n) is 2.11. The van der Waals surface area contributed by atoms with E-state index in [0.717, 1.165) is 37.9 Å². The molecule has 1 atom stereocenters. The Kier molecular flexibility index (Phi) is 10.1. The van der Waals surface area contributed by atoms with Crippen LogP contribution in [0.2, 0.25) is 0 Å². The summed E-state index contributed by atoms with van der Waals surface area (Å²) in [6, 6.07) is 0. The molecule has 3 heteroatoms. The maximum absolute atomic E-state index is 10.9. The molecule has 0 aromatic rings. The lowest BCUT2D eigenvalue weighted by Gasteiger charge is -2.13. The number of rotatable bonds is 2. The Hall–Kier alpha value is -0.960. The minimum atomic E-state index is -0.674. The monoisotopic (exact) mass is 294 g/mol. The summed E-state index contributed by atoms with van der Waals surface area (Å²) >= 11 is 1.83. The molecule has 0 aromatic carbocycles. The first-order valence-electron chi connectivity index (χ1n) is 7.57. The lowest BCUT2D eigenvalue weighted by molar-refractivity contribution is -0.137. The van der Waals surface area contributed by atoms with Crippen LogP contribution >= 0.6 is 11.8 Å². The molecule has 112 valence electrons. The summed E-state index contributed by atoms with van der Waals surface area (Å²) in [4.78, 5) is 10.9. The Bertz CT molecular complexity index is 345. The van der Waals surface area contributed by atoms with Gasteiger partial charge < -0.3 is 5.11 Å². The van der Waals surface area contributed by atoms with Gasteiger partial charge in [-0.1, -0.05) is 36.5 Å². The number of hydrogen-bond acceptors (Lipinski definition) is 2. The fourth-order valence-corrected chi connectivity index (χ4v) is 3.38. The van der Waals surface area contributed by atoms with Gasteiger partial charge in [0.15, 0.2) is 0 Å². The molecule has 1 aliphatic rings. The predicted molar refractivity (Wildman–Crippen MR) is 88.2 cm³/mol. The molecule has 0 saturated carbocycles. The Morgan fingerprint density at radius 2 is 1.65 bits per heavy atom. The molecule has 0 saturated heterocycles. The predicted octanol–water partition coefficient (Wildman–Crippen LogP) is 4.98. The van der Waals surface area contributed by atoms with Crippen LogP contribution in [0.1, 0.15) is 51.4 Å². The molecular formula is C17H26O2S. The van der Waals surface area contributed by atoms with Gasteiger partial charge in [-0.3, -0.25) is 4.79 Å². The van der Waals surface area contributed by atoms with Crippen molar-refractivity contribution in [2.24, 2.45) is 0 Å². The van der Waals surface area contributed by atoms with E-state index >= 15 is 0 Å². The van der Waals surface area contributed by atoms with E-state index in [0.29, 0.717) is 0 Å². The van der Waals surface area contributed by atoms with E-state index in [-0.39, 0.29) is 11.7 Å². The number of aliphatic carboxylic acids is 1. The summed E-state index contributed by atoms with van der Waals surface area (Å²) in [7, 11) is 0. The molecule has 1 rings (SSSR count). The average Bonchev–Trinajstić information content (AvgIpc) is 2.40. The van der Waals surface area contributed by atoms with Crippen molar-refractivity contribution in [1.29, 1.82) is 0 Å². The first kappa shape index (κ1) is 17.1. The molecule has 1 aliphatic heterocycles. The van der Waals surface area contributed by atoms with Crippen molar-refractivity contribution in [1.82, 2.24) is 0 Å². The van der Waals surface area contributed by atoms with Crippen molar-refractivity contribution in [3.8, 4) is 0 Å². The summed E-state index contributed by atoms with van der Waals surface area (Å²) in [5.41, 5.74) is 0. The van der Waals surface area contributed by atoms with Gasteiger partial charge in [-0.05, 0) is 50.7 Å². The van der Waals surface area contributed by atoms with Crippen LogP contribution in [-0.2, 0) is 4.79 Å². The fraction of sp³-hybridized carbons (Fsp3) is 0.588. The Labute approximate surface area is 127 Å². The van der Waals surface area contributed by atoms with E-state index in [9.17, 15) is 4.79 Å². The molecule has 2 nitrogen and oxygen atoms in total. The van der Waals surface area contributed by atoms with Gasteiger partial charge in [0.2, 0.25) is 0 Å². The van der Waals surface area contributed by atoms with E-state index in [2.05, 4.69) is 36.5 Å². The van der Waals surface area contributed by atoms with Crippen LogP contribution in [-0.4, -0.2) is 22.1 Å². The molecule has 0 spiro atoms. The lowest BCUT2D eigenvalue weighted by Crippen LogP contribution is -2.10. The molecule has 0 fully saturated rings. The Morgan fingerprint density at radius 1 is 1.00 bits per heavy atom. The van der Waals surface area contributed by atoms with Crippen molar-refractivity contribution in [2.75, 3.05) is 5.75 Å². The first-order valence-corrected chi connectivity index (χ1v) is 8.62. The van der Waals surface area contributed by atoms with Gasteiger partial charge >= 0.3 is 5.97 Å². The summed E-state index contributed by atoms with van der Waals surface area (Å²) in [5, 5.41) is 9.22. The van der Waals surface area contributed by atoms with E-state index < -0.39 is 5.97 Å². The number of carboxylic acids is 1. The van der Waals surface area contributed by atoms with Gasteiger partial charge in [0.25, 0.3) is 0 Å². The van der Waals surface area contributed by atoms with Crippen molar-refractivity contribution in [3.05, 3.63) is 36.5 Å². The SMILES string of the molecule is O=C(O)CC1CC/C=C/C/C=C/C/C=C/CCCCS1. The normalized spacial score (nSPS) is 27.5. The molecule has 1 unspecified atom stereocenters. The third-order valence-electron chi connectivity index (χ3n) is 3.22. The van der Waals surface area contributed by atoms with Gasteiger partial charge in [0.1, 0.15) is 0 Å². The second-order valence-corrected chi connectivity index (χ2v) is 6.46. The average molecular weight is 294 g/mol. The maximum Gasteiger partial charge on any atom is 0.304 e. The van der Waals surface area contributed by atoms with Crippen molar-refractivity contribution in [2.45, 2.75) is 56.6 Å². The highest BCUT2D eigenvalue weighted by Crippen LogP contribution is 2.22. The van der Waals surface area contributed by atoms with E-state index in [1.807, 2.05) is 11.8 Å². The summed E-state index contributed by atoms with van der Waals surface area (Å²) in [6.45, 7) is 0. The van der Waals surface area contributed by atoms with E-state index in [4.69, 9.17) is 5.11 Å². The Morgan fingerprint density at radius 3 is 2.35 bits per heavy atom. The van der Waals surface area contributed by atoms with Crippen LogP contribution in [0.4, 0.5) is 0 Å². The van der Waals surface area contributed by atoms with Crippen LogP contribution in [0.3, 0.4) is 0 Å². The number of carboxylic acid groups (broad SMARTS) is 1. The molecule has 0 bridgehead atoms. The quantitative estimate of drug-likeness (QED) is 0.730. The number of carbonyl (C=O) groups is 1. The van der Waals surface area contributed by atoms with Crippen LogP contribution in [0, 0.1) is 0 Å². The molecular weight excluding hydrogens is 268 g/mol. The smallest absolute Gasteiger partial charge is 0.304 e. The minimum absolute atomic E-state index is 0.260. The highest BCUT2D eigenvalue weighted by atomic mass is 32.2. The molecule has 0 aromatic heterocycles. The zero-order chi connectivity index (χ0) is 14.5. The summed E-state index contributed by atoms with van der Waals surface area (Å²) in [5.74, 6) is 0.404. The van der Waals surface area contributed by atoms with E-state index in [1.165, 1.54) is 12.8 Å². The molecule has 0 aliphatic carbocycles. The van der Waals surface area contributed by atoms with Gasteiger partial charge in [0.05, 0.1) is 6.42 Å². The molecule has 1 N–H and O–H groups in total. The standard InChI is InChI=1S/C17H26O2S/c18-17(19)15-16-13-11-9-7-5-3-1-2-4-6-8-10-12-14-20-16/h1,3-4,6-7,9,16H,2,5,8,10-15H2,(H,18,19)/b3-1+,6-4+,9-7+. The maximum atomic E-state index is 10.9. The van der Waals surface area contributed by atoms with Crippen molar-refractivity contribution < 1.29 is 9.90 Å². The van der Waals surface area contributed by atoms with Crippen LogP contribution in [0.5, 0.6) is 0 Å². The van der Waals surface area contributed by atoms with Gasteiger partial charge in [-0.15, -0.1) is 0 Å². The number of hydrogen-bond donors (Lipinski definition) is 1. The molecule has 1 heterocycles. The zero-order valence-corrected chi connectivity index (χ0v) is 13.0. The van der Waals surface area contributed by atoms with Crippen LogP contribution < -0.4 is 0 Å². The zero-order valence-electron chi connectivity index (χ0n) is 12.2. The van der Waals surface area contributed by atoms with E-state index in [1.54, 1.807) is 0 Å². The highest BCUT2D eigenvalue weighted by molar-refractivity contribution is 7.99. The lowest BCUT2D eigenvalue weighted by atomic mass is 10.1. The second kappa shape index (κ2) is 11.8. The second-order valence-electron chi connectivity index (χ2n) is 5.05. The number of allylic oxidation sites excluding steroid dienone is 6. The number of thioether (sulfide) groups is 1. The van der Waals surface area contributed by atoms with Gasteiger partial charge in [0, 0.05) is 5.25 Å². The Balaban J connectivity index is 2.43. The minimum Gasteiger partial charge on any atom is -0.481 e. The molecule has 0 amide bonds. The first-order chi connectivity index (χ1) is 9.79. The summed E-state index contributed by atoms with van der Waals surface area (Å²) in [6.07, 6.45) is 21.0. The topological polar surface area (TPSA) is 37.3 Å². The largest absolute Gasteiger partial charge is 0.481 e. The highest BCUT2D eigenvalue weighted by Gasteiger charge is 2.12. The van der Waals surface area contributed by atoms with Crippen molar-refractivity contribution >= 4 is 17.7 Å². The van der Waals surface area contributed by atoms with Crippen molar-refractivity contribution in [3.63, 3.8) is 0 Å². The third kappa shape index (κ3) is 9.90. The molecule has 0 radical (unpaired) electrons. The van der Waals surface area contributed by atoms with Gasteiger partial charge in [-0.2, -0.15) is 11.8 Å². The van der Waals surface area contributed by atoms with Crippen LogP contribution in [0.15, 0.2) is 36.5 Å². The van der Waals surface area contributed by atoms with Gasteiger partial charge in [-0.25, -0.2) is 0 Å². The molecule has 20 heavy (non-hydrogen) atoms.